The Hall–Kier alpha value is -2.68. The van der Waals surface area contributed by atoms with Gasteiger partial charge in [-0.05, 0) is 24.6 Å². The molecular weight excluding hydrogens is 330 g/mol. The van der Waals surface area contributed by atoms with Gasteiger partial charge in [0.2, 0.25) is 5.91 Å². The van der Waals surface area contributed by atoms with Crippen molar-refractivity contribution in [2.45, 2.75) is 24.3 Å². The lowest BCUT2D eigenvalue weighted by Gasteiger charge is -2.10. The fraction of sp³-hybridized carbons (Fsp3) is 0.267. The van der Waals surface area contributed by atoms with E-state index in [0.717, 1.165) is 6.42 Å². The van der Waals surface area contributed by atoms with E-state index in [9.17, 15) is 13.2 Å². The number of carbonyl (C=O) groups is 1. The van der Waals surface area contributed by atoms with Crippen molar-refractivity contribution < 1.29 is 13.2 Å². The van der Waals surface area contributed by atoms with Gasteiger partial charge in [0.15, 0.2) is 0 Å². The van der Waals surface area contributed by atoms with E-state index in [0.29, 0.717) is 24.5 Å². The monoisotopic (exact) mass is 347 g/mol. The Kier molecular flexibility index (Phi) is 4.61. The molecular formula is C15H17N5O3S. The summed E-state index contributed by atoms with van der Waals surface area (Å²) in [5.41, 5.74) is 0.413. The lowest BCUT2D eigenvalue weighted by Crippen LogP contribution is -2.29. The third-order valence-electron chi connectivity index (χ3n) is 3.44. The quantitative estimate of drug-likeness (QED) is 0.841. The number of nitrogens with one attached hydrogen (secondary N) is 2. The van der Waals surface area contributed by atoms with Gasteiger partial charge in [-0.25, -0.2) is 13.4 Å². The summed E-state index contributed by atoms with van der Waals surface area (Å²) in [7, 11) is -3.70. The first-order valence-corrected chi connectivity index (χ1v) is 8.93. The molecule has 0 bridgehead atoms. The topological polar surface area (TPSA) is 105 Å². The Morgan fingerprint density at radius 1 is 1.33 bits per heavy atom. The molecule has 0 atom stereocenters. The molecule has 2 N–H and O–H groups in total. The van der Waals surface area contributed by atoms with Crippen LogP contribution in [0.2, 0.25) is 0 Å². The number of aliphatic imine (C=N–C) groups is 1. The van der Waals surface area contributed by atoms with Gasteiger partial charge in [-0.3, -0.25) is 14.5 Å². The molecule has 126 valence electrons. The number of amides is 1. The Labute approximate surface area is 139 Å². The number of anilines is 1. The molecule has 3 rings (SSSR count). The van der Waals surface area contributed by atoms with Crippen molar-refractivity contribution in [3.63, 3.8) is 0 Å². The Balaban J connectivity index is 1.70. The van der Waals surface area contributed by atoms with Crippen LogP contribution in [0, 0.1) is 0 Å². The van der Waals surface area contributed by atoms with Gasteiger partial charge in [-0.1, -0.05) is 6.07 Å². The van der Waals surface area contributed by atoms with Gasteiger partial charge in [-0.2, -0.15) is 0 Å². The predicted molar refractivity (Wildman–Crippen MR) is 89.2 cm³/mol. The molecule has 0 saturated heterocycles. The Morgan fingerprint density at radius 2 is 2.21 bits per heavy atom. The second-order valence-electron chi connectivity index (χ2n) is 5.35. The number of nitrogens with zero attached hydrogens (tertiary/aromatic N) is 3. The minimum absolute atomic E-state index is 0.0810. The van der Waals surface area contributed by atoms with Crippen molar-refractivity contribution in [3.05, 3.63) is 43.0 Å². The van der Waals surface area contributed by atoms with E-state index in [4.69, 9.17) is 0 Å². The van der Waals surface area contributed by atoms with Gasteiger partial charge >= 0.3 is 0 Å². The lowest BCUT2D eigenvalue weighted by molar-refractivity contribution is -0.116. The van der Waals surface area contributed by atoms with Crippen molar-refractivity contribution >= 4 is 27.5 Å². The lowest BCUT2D eigenvalue weighted by atomic mass is 10.3. The normalized spacial score (nSPS) is 14.2. The largest absolute Gasteiger partial charge is 0.328 e. The van der Waals surface area contributed by atoms with E-state index < -0.39 is 10.0 Å². The molecule has 1 aromatic heterocycles. The van der Waals surface area contributed by atoms with Gasteiger partial charge in [0, 0.05) is 31.0 Å². The standard InChI is InChI=1S/C15H17N5O3S/c21-15(10-20-8-7-16-11-20)18-12-3-1-4-13(9-12)24(22,23)19-14-5-2-6-17-14/h1,3-4,7-9,11H,2,5-6,10H2,(H,17,19)(H,18,21). The zero-order valence-electron chi connectivity index (χ0n) is 12.8. The molecule has 24 heavy (non-hydrogen) atoms. The highest BCUT2D eigenvalue weighted by Gasteiger charge is 2.18. The van der Waals surface area contributed by atoms with E-state index in [-0.39, 0.29) is 17.3 Å². The highest BCUT2D eigenvalue weighted by Crippen LogP contribution is 2.16. The van der Waals surface area contributed by atoms with E-state index in [1.165, 1.54) is 18.5 Å². The maximum atomic E-state index is 12.4. The summed E-state index contributed by atoms with van der Waals surface area (Å²) < 4.78 is 28.8. The summed E-state index contributed by atoms with van der Waals surface area (Å²) in [4.78, 5) is 20.0. The van der Waals surface area contributed by atoms with Crippen LogP contribution in [0.1, 0.15) is 12.8 Å². The highest BCUT2D eigenvalue weighted by molar-refractivity contribution is 7.90. The number of hydrogen-bond donors (Lipinski definition) is 2. The summed E-state index contributed by atoms with van der Waals surface area (Å²) in [5, 5.41) is 2.68. The van der Waals surface area contributed by atoms with Gasteiger partial charge in [-0.15, -0.1) is 0 Å². The zero-order chi connectivity index (χ0) is 17.0. The maximum absolute atomic E-state index is 12.4. The first-order chi connectivity index (χ1) is 11.5. The minimum Gasteiger partial charge on any atom is -0.328 e. The van der Waals surface area contributed by atoms with Crippen LogP contribution in [0.25, 0.3) is 0 Å². The van der Waals surface area contributed by atoms with Crippen molar-refractivity contribution in [2.24, 2.45) is 4.99 Å². The van der Waals surface area contributed by atoms with Crippen molar-refractivity contribution in [1.82, 2.24) is 14.3 Å². The fourth-order valence-corrected chi connectivity index (χ4v) is 3.46. The zero-order valence-corrected chi connectivity index (χ0v) is 13.7. The molecule has 1 aromatic carbocycles. The van der Waals surface area contributed by atoms with Crippen LogP contribution < -0.4 is 10.0 Å². The van der Waals surface area contributed by atoms with Crippen molar-refractivity contribution in [1.29, 1.82) is 0 Å². The summed E-state index contributed by atoms with van der Waals surface area (Å²) >= 11 is 0. The smallest absolute Gasteiger partial charge is 0.262 e. The Morgan fingerprint density at radius 3 is 2.92 bits per heavy atom. The van der Waals surface area contributed by atoms with Gasteiger partial charge in [0.05, 0.1) is 11.2 Å². The maximum Gasteiger partial charge on any atom is 0.262 e. The van der Waals surface area contributed by atoms with Crippen LogP contribution in [-0.4, -0.2) is 36.3 Å². The minimum atomic E-state index is -3.70. The number of sulfonamides is 1. The Bertz CT molecular complexity index is 859. The average Bonchev–Trinajstić information content (AvgIpc) is 3.21. The first-order valence-electron chi connectivity index (χ1n) is 7.45. The molecule has 0 fully saturated rings. The van der Waals surface area contributed by atoms with Crippen molar-refractivity contribution in [3.8, 4) is 0 Å². The number of carbonyl (C=O) groups excluding carboxylic acids is 1. The average molecular weight is 347 g/mol. The second-order valence-corrected chi connectivity index (χ2v) is 7.03. The molecule has 1 aliphatic heterocycles. The van der Waals surface area contributed by atoms with Crippen molar-refractivity contribution in [2.75, 3.05) is 11.9 Å². The third-order valence-corrected chi connectivity index (χ3v) is 4.82. The highest BCUT2D eigenvalue weighted by atomic mass is 32.2. The van der Waals surface area contributed by atoms with Gasteiger partial charge in [0.1, 0.15) is 12.4 Å². The molecule has 0 unspecified atom stereocenters. The van der Waals surface area contributed by atoms with E-state index in [1.54, 1.807) is 29.1 Å². The summed E-state index contributed by atoms with van der Waals surface area (Å²) in [6, 6.07) is 6.11. The molecule has 9 heteroatoms. The summed E-state index contributed by atoms with van der Waals surface area (Å²) in [6.07, 6.45) is 6.26. The predicted octanol–water partition coefficient (Wildman–Crippen LogP) is 0.992. The second kappa shape index (κ2) is 6.83. The molecule has 0 saturated carbocycles. The van der Waals surface area contributed by atoms with Crippen LogP contribution >= 0.6 is 0 Å². The van der Waals surface area contributed by atoms with Crippen LogP contribution in [0.4, 0.5) is 5.69 Å². The molecule has 2 heterocycles. The summed E-state index contributed by atoms with van der Waals surface area (Å²) in [5.74, 6) is 0.209. The molecule has 8 nitrogen and oxygen atoms in total. The molecule has 0 spiro atoms. The van der Waals surface area contributed by atoms with Crippen LogP contribution in [0.5, 0.6) is 0 Å². The number of imidazole rings is 1. The third kappa shape index (κ3) is 3.99. The summed E-state index contributed by atoms with van der Waals surface area (Å²) in [6.45, 7) is 0.744. The van der Waals surface area contributed by atoms with Crippen LogP contribution in [0.3, 0.4) is 0 Å². The number of hydrogen-bond acceptors (Lipinski definition) is 5. The molecule has 2 aromatic rings. The van der Waals surface area contributed by atoms with E-state index in [1.807, 2.05) is 0 Å². The number of aromatic nitrogens is 2. The number of benzene rings is 1. The first kappa shape index (κ1) is 16.2. The fourth-order valence-electron chi connectivity index (χ4n) is 2.32. The number of amidine groups is 1. The van der Waals surface area contributed by atoms with E-state index in [2.05, 4.69) is 20.0 Å². The SMILES string of the molecule is O=C(Cn1ccnc1)Nc1cccc(S(=O)(=O)NC2=NCCC2)c1. The van der Waals surface area contributed by atoms with Gasteiger partial charge in [0.25, 0.3) is 10.0 Å². The molecule has 0 aliphatic carbocycles. The van der Waals surface area contributed by atoms with Crippen LogP contribution in [-0.2, 0) is 21.4 Å². The molecule has 1 aliphatic rings. The van der Waals surface area contributed by atoms with Crippen LogP contribution in [0.15, 0.2) is 52.9 Å². The van der Waals surface area contributed by atoms with E-state index >= 15 is 0 Å². The molecule has 1 amide bonds. The number of rotatable bonds is 5. The molecule has 0 radical (unpaired) electrons. The van der Waals surface area contributed by atoms with Gasteiger partial charge < -0.3 is 9.88 Å².